The number of nitrogens with one attached hydrogen (secondary N) is 1. The molecule has 2 heterocycles. The second kappa shape index (κ2) is 7.67. The number of benzene rings is 2. The van der Waals surface area contributed by atoms with Crippen LogP contribution in [0.4, 0.5) is 5.69 Å². The molecule has 0 aromatic heterocycles. The van der Waals surface area contributed by atoms with E-state index in [9.17, 15) is 4.79 Å². The first-order valence-corrected chi connectivity index (χ1v) is 9.66. The number of methoxy groups -OCH3 is 2. The first-order valence-electron chi connectivity index (χ1n) is 9.26. The summed E-state index contributed by atoms with van der Waals surface area (Å²) in [7, 11) is 3.26. The summed E-state index contributed by atoms with van der Waals surface area (Å²) in [6, 6.07) is 13.7. The van der Waals surface area contributed by atoms with Crippen LogP contribution in [0.2, 0.25) is 0 Å². The highest BCUT2D eigenvalue weighted by Crippen LogP contribution is 2.39. The van der Waals surface area contributed by atoms with Gasteiger partial charge in [0, 0.05) is 18.8 Å². The Morgan fingerprint density at radius 2 is 1.86 bits per heavy atom. The molecule has 0 unspecified atom stereocenters. The predicted octanol–water partition coefficient (Wildman–Crippen LogP) is 2.84. The number of ether oxygens (including phenoxy) is 2. The van der Waals surface area contributed by atoms with E-state index in [-0.39, 0.29) is 18.5 Å². The summed E-state index contributed by atoms with van der Waals surface area (Å²) in [5, 5.41) is 3.80. The van der Waals surface area contributed by atoms with Crippen molar-refractivity contribution in [2.45, 2.75) is 12.5 Å². The number of hydrogen-bond acceptors (Lipinski definition) is 4. The van der Waals surface area contributed by atoms with Crippen LogP contribution in [-0.4, -0.2) is 54.7 Å². The predicted molar refractivity (Wildman–Crippen MR) is 112 cm³/mol. The molecule has 0 radical (unpaired) electrons. The van der Waals surface area contributed by atoms with Gasteiger partial charge >= 0.3 is 0 Å². The number of thiocarbonyl (C=S) groups is 1. The number of fused-ring (bicyclic) bond motifs is 3. The van der Waals surface area contributed by atoms with E-state index in [4.69, 9.17) is 21.7 Å². The van der Waals surface area contributed by atoms with Gasteiger partial charge in [0.1, 0.15) is 0 Å². The number of hydrogen-bond donors (Lipinski definition) is 1. The minimum atomic E-state index is -0.0553. The average molecular weight is 398 g/mol. The fourth-order valence-corrected chi connectivity index (χ4v) is 4.19. The van der Waals surface area contributed by atoms with Gasteiger partial charge in [0.2, 0.25) is 5.91 Å². The lowest BCUT2D eigenvalue weighted by Crippen LogP contribution is -2.56. The van der Waals surface area contributed by atoms with Crippen molar-refractivity contribution >= 4 is 28.9 Å². The Morgan fingerprint density at radius 3 is 2.57 bits per heavy atom. The SMILES string of the molecule is COc1cc2c(cc1OC)[C@@H]1CN(C(=S)Nc3ccccc3)CC(=O)N1CC2. The van der Waals surface area contributed by atoms with Gasteiger partial charge in [-0.1, -0.05) is 18.2 Å². The third-order valence-electron chi connectivity index (χ3n) is 5.35. The van der Waals surface area contributed by atoms with E-state index in [1.165, 1.54) is 5.56 Å². The van der Waals surface area contributed by atoms with Crippen molar-refractivity contribution in [3.63, 3.8) is 0 Å². The number of para-hydroxylation sites is 1. The molecule has 0 aliphatic carbocycles. The average Bonchev–Trinajstić information content (AvgIpc) is 2.73. The lowest BCUT2D eigenvalue weighted by atomic mass is 9.90. The molecule has 1 amide bonds. The maximum Gasteiger partial charge on any atom is 0.242 e. The van der Waals surface area contributed by atoms with Crippen molar-refractivity contribution in [2.75, 3.05) is 39.2 Å². The summed E-state index contributed by atoms with van der Waals surface area (Å²) in [4.78, 5) is 16.7. The zero-order valence-electron chi connectivity index (χ0n) is 16.0. The molecule has 4 rings (SSSR count). The molecule has 146 valence electrons. The van der Waals surface area contributed by atoms with Crippen molar-refractivity contribution in [1.82, 2.24) is 9.80 Å². The Labute approximate surface area is 170 Å². The number of anilines is 1. The molecule has 28 heavy (non-hydrogen) atoms. The molecule has 1 N–H and O–H groups in total. The van der Waals surface area contributed by atoms with Gasteiger partial charge in [-0.15, -0.1) is 0 Å². The van der Waals surface area contributed by atoms with Crippen LogP contribution in [-0.2, 0) is 11.2 Å². The van der Waals surface area contributed by atoms with Crippen molar-refractivity contribution in [3.05, 3.63) is 53.6 Å². The van der Waals surface area contributed by atoms with Crippen molar-refractivity contribution < 1.29 is 14.3 Å². The fraction of sp³-hybridized carbons (Fsp3) is 0.333. The lowest BCUT2D eigenvalue weighted by molar-refractivity contribution is -0.138. The molecular formula is C21H23N3O3S. The molecule has 2 aliphatic rings. The molecule has 0 bridgehead atoms. The third kappa shape index (κ3) is 3.38. The Balaban J connectivity index is 1.61. The van der Waals surface area contributed by atoms with Crippen LogP contribution in [0.15, 0.2) is 42.5 Å². The van der Waals surface area contributed by atoms with Crippen molar-refractivity contribution in [3.8, 4) is 11.5 Å². The van der Waals surface area contributed by atoms with Gasteiger partial charge < -0.3 is 24.6 Å². The molecule has 0 saturated carbocycles. The molecule has 1 saturated heterocycles. The summed E-state index contributed by atoms with van der Waals surface area (Å²) < 4.78 is 10.9. The van der Waals surface area contributed by atoms with Crippen molar-refractivity contribution in [2.24, 2.45) is 0 Å². The van der Waals surface area contributed by atoms with Crippen LogP contribution in [0, 0.1) is 0 Å². The minimum absolute atomic E-state index is 0.0553. The zero-order valence-corrected chi connectivity index (χ0v) is 16.8. The normalized spacial score (nSPS) is 18.2. The summed E-state index contributed by atoms with van der Waals surface area (Å²) in [6.45, 7) is 1.64. The number of carbonyl (C=O) groups excluding carboxylic acids is 1. The molecule has 2 aliphatic heterocycles. The second-order valence-electron chi connectivity index (χ2n) is 6.94. The Morgan fingerprint density at radius 1 is 1.14 bits per heavy atom. The monoisotopic (exact) mass is 397 g/mol. The highest BCUT2D eigenvalue weighted by Gasteiger charge is 2.38. The van der Waals surface area contributed by atoms with Gasteiger partial charge in [0.05, 0.1) is 26.8 Å². The van der Waals surface area contributed by atoms with E-state index in [1.54, 1.807) is 14.2 Å². The van der Waals surface area contributed by atoms with Gasteiger partial charge in [-0.05, 0) is 54.0 Å². The molecule has 2 aromatic carbocycles. The number of nitrogens with zero attached hydrogens (tertiary/aromatic N) is 2. The van der Waals surface area contributed by atoms with Gasteiger partial charge in [-0.3, -0.25) is 4.79 Å². The van der Waals surface area contributed by atoms with Crippen LogP contribution in [0.5, 0.6) is 11.5 Å². The Kier molecular flexibility index (Phi) is 5.09. The van der Waals surface area contributed by atoms with Crippen LogP contribution < -0.4 is 14.8 Å². The van der Waals surface area contributed by atoms with Gasteiger partial charge in [0.25, 0.3) is 0 Å². The largest absolute Gasteiger partial charge is 0.493 e. The summed E-state index contributed by atoms with van der Waals surface area (Å²) in [5.41, 5.74) is 3.21. The molecule has 6 nitrogen and oxygen atoms in total. The summed E-state index contributed by atoms with van der Waals surface area (Å²) in [6.07, 6.45) is 0.810. The van der Waals surface area contributed by atoms with Crippen LogP contribution in [0.3, 0.4) is 0 Å². The van der Waals surface area contributed by atoms with E-state index in [2.05, 4.69) is 5.32 Å². The number of piperazine rings is 1. The molecule has 2 aromatic rings. The van der Waals surface area contributed by atoms with E-state index >= 15 is 0 Å². The van der Waals surface area contributed by atoms with E-state index < -0.39 is 0 Å². The van der Waals surface area contributed by atoms with Gasteiger partial charge in [0.15, 0.2) is 16.6 Å². The third-order valence-corrected chi connectivity index (χ3v) is 5.71. The topological polar surface area (TPSA) is 54.0 Å². The summed E-state index contributed by atoms with van der Waals surface area (Å²) in [5.74, 6) is 1.49. The molecule has 7 heteroatoms. The standard InChI is InChI=1S/C21H23N3O3S/c1-26-18-10-14-8-9-24-17(16(14)11-19(18)27-2)12-23(13-20(24)25)21(28)22-15-6-4-3-5-7-15/h3-7,10-11,17H,8-9,12-13H2,1-2H3,(H,22,28)/t17-/m0/s1. The highest BCUT2D eigenvalue weighted by atomic mass is 32.1. The van der Waals surface area contributed by atoms with Gasteiger partial charge in [-0.2, -0.15) is 0 Å². The zero-order chi connectivity index (χ0) is 19.7. The van der Waals surface area contributed by atoms with E-state index in [0.717, 1.165) is 23.4 Å². The maximum atomic E-state index is 12.8. The summed E-state index contributed by atoms with van der Waals surface area (Å²) >= 11 is 5.59. The second-order valence-corrected chi connectivity index (χ2v) is 7.32. The highest BCUT2D eigenvalue weighted by molar-refractivity contribution is 7.80. The maximum absolute atomic E-state index is 12.8. The number of rotatable bonds is 3. The van der Waals surface area contributed by atoms with Gasteiger partial charge in [-0.25, -0.2) is 0 Å². The van der Waals surface area contributed by atoms with Crippen LogP contribution in [0.1, 0.15) is 17.2 Å². The first kappa shape index (κ1) is 18.6. The number of carbonyl (C=O) groups is 1. The molecule has 0 spiro atoms. The molecule has 1 atom stereocenters. The first-order chi connectivity index (χ1) is 13.6. The minimum Gasteiger partial charge on any atom is -0.493 e. The smallest absolute Gasteiger partial charge is 0.242 e. The van der Waals surface area contributed by atoms with Crippen molar-refractivity contribution in [1.29, 1.82) is 0 Å². The fourth-order valence-electron chi connectivity index (χ4n) is 3.93. The quantitative estimate of drug-likeness (QED) is 0.804. The van der Waals surface area contributed by atoms with E-state index in [1.807, 2.05) is 52.3 Å². The Hall–Kier alpha value is -2.80. The Bertz CT molecular complexity index is 903. The molecular weight excluding hydrogens is 374 g/mol. The lowest BCUT2D eigenvalue weighted by Gasteiger charge is -2.45. The molecule has 1 fully saturated rings. The number of amides is 1. The van der Waals surface area contributed by atoms with Crippen LogP contribution >= 0.6 is 12.2 Å². The van der Waals surface area contributed by atoms with E-state index in [0.29, 0.717) is 24.0 Å². The van der Waals surface area contributed by atoms with Crippen LogP contribution in [0.25, 0.3) is 0 Å².